The summed E-state index contributed by atoms with van der Waals surface area (Å²) >= 11 is 0. The van der Waals surface area contributed by atoms with Crippen LogP contribution in [0.25, 0.3) is 0 Å². The Kier molecular flexibility index (Phi) is 5.43. The Morgan fingerprint density at radius 2 is 2.26 bits per heavy atom. The predicted octanol–water partition coefficient (Wildman–Crippen LogP) is 3.26. The number of benzene rings is 1. The van der Waals surface area contributed by atoms with Gasteiger partial charge in [-0.05, 0) is 36.5 Å². The summed E-state index contributed by atoms with van der Waals surface area (Å²) in [6.45, 7) is 4.55. The Bertz CT molecular complexity index is 417. The van der Waals surface area contributed by atoms with Crippen LogP contribution in [-0.2, 0) is 6.42 Å². The highest BCUT2D eigenvalue weighted by Gasteiger charge is 2.15. The minimum absolute atomic E-state index is 0.245. The molecule has 3 nitrogen and oxygen atoms in total. The van der Waals surface area contributed by atoms with Gasteiger partial charge >= 0.3 is 0 Å². The largest absolute Gasteiger partial charge is 0.493 e. The zero-order valence-corrected chi connectivity index (χ0v) is 11.5. The quantitative estimate of drug-likeness (QED) is 0.326. The fourth-order valence-electron chi connectivity index (χ4n) is 2.58. The van der Waals surface area contributed by atoms with E-state index in [2.05, 4.69) is 30.2 Å². The molecule has 2 rings (SSSR count). The van der Waals surface area contributed by atoms with Crippen LogP contribution in [0.15, 0.2) is 30.9 Å². The molecule has 1 aromatic rings. The molecule has 0 saturated carbocycles. The molecule has 0 aromatic heterocycles. The van der Waals surface area contributed by atoms with Gasteiger partial charge in [-0.15, -0.1) is 6.58 Å². The molecule has 0 saturated heterocycles. The molecule has 0 spiro atoms. The van der Waals surface area contributed by atoms with E-state index < -0.39 is 0 Å². The molecule has 3 heteroatoms. The summed E-state index contributed by atoms with van der Waals surface area (Å²) in [6.07, 6.45) is 8.83. The van der Waals surface area contributed by atoms with Gasteiger partial charge in [0, 0.05) is 12.5 Å². The first-order chi connectivity index (χ1) is 9.35. The van der Waals surface area contributed by atoms with E-state index in [1.807, 2.05) is 6.08 Å². The van der Waals surface area contributed by atoms with Crippen molar-refractivity contribution in [3.05, 3.63) is 42.0 Å². The van der Waals surface area contributed by atoms with E-state index in [1.165, 1.54) is 30.4 Å². The van der Waals surface area contributed by atoms with Gasteiger partial charge in [0.05, 0.1) is 6.61 Å². The van der Waals surface area contributed by atoms with Gasteiger partial charge in [0.1, 0.15) is 5.75 Å². The normalized spacial score (nSPS) is 14.8. The van der Waals surface area contributed by atoms with E-state index in [4.69, 9.17) is 10.6 Å². The van der Waals surface area contributed by atoms with Crippen molar-refractivity contribution in [2.24, 2.45) is 5.84 Å². The number of nitrogens with two attached hydrogens (primary N) is 1. The molecule has 3 N–H and O–H groups in total. The average molecular weight is 260 g/mol. The number of allylic oxidation sites excluding steroid dienone is 1. The van der Waals surface area contributed by atoms with E-state index in [0.29, 0.717) is 0 Å². The Morgan fingerprint density at radius 3 is 3.05 bits per heavy atom. The lowest BCUT2D eigenvalue weighted by Crippen LogP contribution is -2.28. The van der Waals surface area contributed by atoms with Crippen molar-refractivity contribution < 1.29 is 4.74 Å². The fraction of sp³-hybridized carbons (Fsp3) is 0.500. The molecule has 19 heavy (non-hydrogen) atoms. The number of ether oxygens (including phenoxy) is 1. The Hall–Kier alpha value is -1.32. The van der Waals surface area contributed by atoms with Gasteiger partial charge in [-0.2, -0.15) is 0 Å². The standard InChI is InChI=1S/C16H24N2O/c1-2-3-4-5-6-7-15(18-17)13-8-9-16-14(12-13)10-11-19-16/h2,8-9,12,15,18H,1,3-7,10-11,17H2. The van der Waals surface area contributed by atoms with Gasteiger partial charge in [0.15, 0.2) is 0 Å². The number of fused-ring (bicyclic) bond motifs is 1. The highest BCUT2D eigenvalue weighted by molar-refractivity contribution is 5.40. The summed E-state index contributed by atoms with van der Waals surface area (Å²) in [6, 6.07) is 6.67. The van der Waals surface area contributed by atoms with Crippen LogP contribution in [0.5, 0.6) is 5.75 Å². The van der Waals surface area contributed by atoms with Gasteiger partial charge in [0.25, 0.3) is 0 Å². The number of rotatable bonds is 8. The van der Waals surface area contributed by atoms with Crippen molar-refractivity contribution in [1.82, 2.24) is 5.43 Å². The highest BCUT2D eigenvalue weighted by atomic mass is 16.5. The summed E-state index contributed by atoms with van der Waals surface area (Å²) in [4.78, 5) is 0. The maximum atomic E-state index is 5.69. The zero-order chi connectivity index (χ0) is 13.5. The lowest BCUT2D eigenvalue weighted by molar-refractivity contribution is 0.356. The predicted molar refractivity (Wildman–Crippen MR) is 79.0 cm³/mol. The number of unbranched alkanes of at least 4 members (excludes halogenated alkanes) is 3. The fourth-order valence-corrected chi connectivity index (χ4v) is 2.58. The maximum absolute atomic E-state index is 5.69. The summed E-state index contributed by atoms with van der Waals surface area (Å²) in [7, 11) is 0. The second-order valence-corrected chi connectivity index (χ2v) is 5.11. The number of hydrazine groups is 1. The number of hydrogen-bond acceptors (Lipinski definition) is 3. The first-order valence-corrected chi connectivity index (χ1v) is 7.18. The monoisotopic (exact) mass is 260 g/mol. The Balaban J connectivity index is 1.88. The van der Waals surface area contributed by atoms with E-state index in [0.717, 1.165) is 31.6 Å². The Labute approximate surface area is 115 Å². The smallest absolute Gasteiger partial charge is 0.122 e. The first-order valence-electron chi connectivity index (χ1n) is 7.18. The maximum Gasteiger partial charge on any atom is 0.122 e. The van der Waals surface area contributed by atoms with Gasteiger partial charge in [-0.1, -0.05) is 31.1 Å². The van der Waals surface area contributed by atoms with Gasteiger partial charge < -0.3 is 4.74 Å². The SMILES string of the molecule is C=CCCCCCC(NN)c1ccc2c(c1)CCO2. The summed E-state index contributed by atoms with van der Waals surface area (Å²) in [5.74, 6) is 6.73. The van der Waals surface area contributed by atoms with Crippen LogP contribution in [0.4, 0.5) is 0 Å². The molecular formula is C16H24N2O. The third-order valence-electron chi connectivity index (χ3n) is 3.72. The van der Waals surface area contributed by atoms with Crippen LogP contribution in [-0.4, -0.2) is 6.61 Å². The summed E-state index contributed by atoms with van der Waals surface area (Å²) in [5.41, 5.74) is 5.52. The molecule has 1 aliphatic rings. The molecule has 0 amide bonds. The minimum Gasteiger partial charge on any atom is -0.493 e. The minimum atomic E-state index is 0.245. The van der Waals surface area contributed by atoms with Crippen molar-refractivity contribution >= 4 is 0 Å². The van der Waals surface area contributed by atoms with E-state index in [9.17, 15) is 0 Å². The molecule has 0 radical (unpaired) electrons. The first kappa shape index (κ1) is 14.1. The zero-order valence-electron chi connectivity index (χ0n) is 11.5. The molecule has 0 fully saturated rings. The molecular weight excluding hydrogens is 236 g/mol. The van der Waals surface area contributed by atoms with Crippen molar-refractivity contribution in [2.75, 3.05) is 6.61 Å². The van der Waals surface area contributed by atoms with Crippen molar-refractivity contribution in [1.29, 1.82) is 0 Å². The van der Waals surface area contributed by atoms with Crippen molar-refractivity contribution in [2.45, 2.75) is 44.6 Å². The van der Waals surface area contributed by atoms with Gasteiger partial charge in [-0.25, -0.2) is 0 Å². The van der Waals surface area contributed by atoms with Crippen LogP contribution in [0.3, 0.4) is 0 Å². The number of hydrogen-bond donors (Lipinski definition) is 2. The average Bonchev–Trinajstić information content (AvgIpc) is 2.90. The van der Waals surface area contributed by atoms with Crippen molar-refractivity contribution in [3.63, 3.8) is 0 Å². The second kappa shape index (κ2) is 7.31. The van der Waals surface area contributed by atoms with Gasteiger partial charge in [0.2, 0.25) is 0 Å². The van der Waals surface area contributed by atoms with E-state index in [1.54, 1.807) is 0 Å². The number of nitrogens with one attached hydrogen (secondary N) is 1. The summed E-state index contributed by atoms with van der Waals surface area (Å²) in [5, 5.41) is 0. The van der Waals surface area contributed by atoms with Crippen molar-refractivity contribution in [3.8, 4) is 5.75 Å². The molecule has 1 heterocycles. The highest BCUT2D eigenvalue weighted by Crippen LogP contribution is 2.29. The molecule has 0 aliphatic carbocycles. The molecule has 1 aliphatic heterocycles. The molecule has 104 valence electrons. The lowest BCUT2D eigenvalue weighted by Gasteiger charge is -2.17. The topological polar surface area (TPSA) is 47.3 Å². The van der Waals surface area contributed by atoms with E-state index >= 15 is 0 Å². The van der Waals surface area contributed by atoms with Crippen LogP contribution < -0.4 is 16.0 Å². The third-order valence-corrected chi connectivity index (χ3v) is 3.72. The Morgan fingerprint density at radius 1 is 1.37 bits per heavy atom. The molecule has 1 aromatic carbocycles. The van der Waals surface area contributed by atoms with E-state index in [-0.39, 0.29) is 6.04 Å². The van der Waals surface area contributed by atoms with Crippen LogP contribution in [0, 0.1) is 0 Å². The second-order valence-electron chi connectivity index (χ2n) is 5.11. The third kappa shape index (κ3) is 3.82. The molecule has 0 bridgehead atoms. The van der Waals surface area contributed by atoms with Crippen LogP contribution in [0.2, 0.25) is 0 Å². The lowest BCUT2D eigenvalue weighted by atomic mass is 9.98. The van der Waals surface area contributed by atoms with Gasteiger partial charge in [-0.3, -0.25) is 11.3 Å². The van der Waals surface area contributed by atoms with Crippen LogP contribution in [0.1, 0.15) is 49.3 Å². The molecule has 1 atom stereocenters. The van der Waals surface area contributed by atoms with Crippen LogP contribution >= 0.6 is 0 Å². The summed E-state index contributed by atoms with van der Waals surface area (Å²) < 4.78 is 5.53. The molecule has 1 unspecified atom stereocenters.